The number of carbonyl (C=O) groups is 1. The van der Waals surface area contributed by atoms with E-state index in [2.05, 4.69) is 6.07 Å². The molecule has 1 heterocycles. The fourth-order valence-corrected chi connectivity index (χ4v) is 1.73. The Bertz CT molecular complexity index is 324. The van der Waals surface area contributed by atoms with Crippen molar-refractivity contribution in [2.45, 2.75) is 18.9 Å². The minimum Gasteiger partial charge on any atom is -0.301 e. The predicted molar refractivity (Wildman–Crippen MR) is 51.3 cm³/mol. The number of nitrogens with two attached hydrogens (primary N) is 1. The molecular formula is C10H12N2O. The highest BCUT2D eigenvalue weighted by Crippen LogP contribution is 2.26. The summed E-state index contributed by atoms with van der Waals surface area (Å²) in [6.45, 7) is 0. The number of para-hydroxylation sites is 1. The van der Waals surface area contributed by atoms with E-state index in [1.165, 1.54) is 5.56 Å². The number of hydrogen-bond donors (Lipinski definition) is 1. The minimum atomic E-state index is -0.157. The molecule has 0 amide bonds. The molecule has 1 aromatic carbocycles. The Labute approximate surface area is 77.1 Å². The molecule has 1 atom stereocenters. The highest BCUT2D eigenvalue weighted by molar-refractivity contribution is 5.68. The zero-order chi connectivity index (χ0) is 9.26. The van der Waals surface area contributed by atoms with Crippen LogP contribution in [0, 0.1) is 0 Å². The van der Waals surface area contributed by atoms with Crippen LogP contribution in [-0.4, -0.2) is 12.3 Å². The fraction of sp³-hybridized carbons (Fsp3) is 0.300. The van der Waals surface area contributed by atoms with Gasteiger partial charge in [-0.15, -0.1) is 0 Å². The zero-order valence-corrected chi connectivity index (χ0v) is 7.31. The molecule has 0 radical (unpaired) electrons. The molecule has 1 unspecified atom stereocenters. The maximum absolute atomic E-state index is 10.7. The van der Waals surface area contributed by atoms with Crippen molar-refractivity contribution in [2.75, 3.05) is 5.01 Å². The average Bonchev–Trinajstić information content (AvgIpc) is 2.19. The van der Waals surface area contributed by atoms with Crippen LogP contribution in [0.2, 0.25) is 0 Å². The monoisotopic (exact) mass is 176 g/mol. The number of aldehydes is 1. The number of nitrogens with zero attached hydrogens (tertiary/aromatic N) is 1. The molecule has 0 aromatic heterocycles. The number of hydrogen-bond acceptors (Lipinski definition) is 3. The lowest BCUT2D eigenvalue weighted by atomic mass is 9.98. The van der Waals surface area contributed by atoms with Crippen LogP contribution in [-0.2, 0) is 11.2 Å². The summed E-state index contributed by atoms with van der Waals surface area (Å²) in [6.07, 6.45) is 2.67. The van der Waals surface area contributed by atoms with Crippen molar-refractivity contribution in [3.05, 3.63) is 29.8 Å². The van der Waals surface area contributed by atoms with Gasteiger partial charge in [-0.25, -0.2) is 5.84 Å². The third kappa shape index (κ3) is 1.31. The third-order valence-corrected chi connectivity index (χ3v) is 2.49. The predicted octanol–water partition coefficient (Wildman–Crippen LogP) is 0.880. The fourth-order valence-electron chi connectivity index (χ4n) is 1.73. The maximum atomic E-state index is 10.7. The van der Waals surface area contributed by atoms with Gasteiger partial charge in [0.15, 0.2) is 0 Å². The number of fused-ring (bicyclic) bond motifs is 1. The molecule has 0 saturated heterocycles. The summed E-state index contributed by atoms with van der Waals surface area (Å²) in [7, 11) is 0. The van der Waals surface area contributed by atoms with Crippen LogP contribution in [0.25, 0.3) is 0 Å². The lowest BCUT2D eigenvalue weighted by Crippen LogP contribution is -2.45. The van der Waals surface area contributed by atoms with Gasteiger partial charge in [0.2, 0.25) is 0 Å². The lowest BCUT2D eigenvalue weighted by Gasteiger charge is -2.31. The van der Waals surface area contributed by atoms with E-state index in [-0.39, 0.29) is 6.04 Å². The van der Waals surface area contributed by atoms with Gasteiger partial charge in [0.05, 0.1) is 5.69 Å². The van der Waals surface area contributed by atoms with Gasteiger partial charge >= 0.3 is 0 Å². The summed E-state index contributed by atoms with van der Waals surface area (Å²) in [5, 5.41) is 1.56. The Morgan fingerprint density at radius 1 is 1.46 bits per heavy atom. The van der Waals surface area contributed by atoms with E-state index in [4.69, 9.17) is 5.84 Å². The molecule has 0 aliphatic carbocycles. The van der Waals surface area contributed by atoms with E-state index >= 15 is 0 Å². The molecule has 68 valence electrons. The Morgan fingerprint density at radius 3 is 3.00 bits per heavy atom. The number of carbonyl (C=O) groups excluding carboxylic acids is 1. The molecule has 1 aromatic rings. The van der Waals surface area contributed by atoms with Crippen molar-refractivity contribution >= 4 is 12.0 Å². The van der Waals surface area contributed by atoms with Gasteiger partial charge in [-0.1, -0.05) is 18.2 Å². The van der Waals surface area contributed by atoms with Crippen molar-refractivity contribution in [2.24, 2.45) is 5.84 Å². The quantitative estimate of drug-likeness (QED) is 0.510. The highest BCUT2D eigenvalue weighted by Gasteiger charge is 2.22. The van der Waals surface area contributed by atoms with Gasteiger partial charge in [0.1, 0.15) is 12.3 Å². The van der Waals surface area contributed by atoms with Gasteiger partial charge in [-0.2, -0.15) is 0 Å². The first-order valence-corrected chi connectivity index (χ1v) is 4.40. The van der Waals surface area contributed by atoms with Crippen molar-refractivity contribution in [1.82, 2.24) is 0 Å². The van der Waals surface area contributed by atoms with Gasteiger partial charge in [-0.3, -0.25) is 0 Å². The average molecular weight is 176 g/mol. The Balaban J connectivity index is 2.38. The van der Waals surface area contributed by atoms with Crippen LogP contribution < -0.4 is 10.9 Å². The number of anilines is 1. The molecule has 1 aliphatic heterocycles. The van der Waals surface area contributed by atoms with E-state index in [0.29, 0.717) is 0 Å². The second-order valence-corrected chi connectivity index (χ2v) is 3.28. The lowest BCUT2D eigenvalue weighted by molar-refractivity contribution is -0.109. The van der Waals surface area contributed by atoms with Crippen molar-refractivity contribution < 1.29 is 4.79 Å². The second kappa shape index (κ2) is 3.18. The van der Waals surface area contributed by atoms with E-state index in [9.17, 15) is 4.79 Å². The molecule has 2 rings (SSSR count). The van der Waals surface area contributed by atoms with Crippen LogP contribution in [0.4, 0.5) is 5.69 Å². The van der Waals surface area contributed by atoms with Crippen LogP contribution in [0.1, 0.15) is 12.0 Å². The van der Waals surface area contributed by atoms with E-state index in [0.717, 1.165) is 24.8 Å². The largest absolute Gasteiger partial charge is 0.301 e. The van der Waals surface area contributed by atoms with E-state index in [1.54, 1.807) is 5.01 Å². The molecule has 3 nitrogen and oxygen atoms in total. The maximum Gasteiger partial charge on any atom is 0.144 e. The van der Waals surface area contributed by atoms with Crippen molar-refractivity contribution in [1.29, 1.82) is 0 Å². The molecule has 2 N–H and O–H groups in total. The summed E-state index contributed by atoms with van der Waals surface area (Å²) < 4.78 is 0. The standard InChI is InChI=1S/C10H12N2O/c11-12-9(7-13)6-5-8-3-1-2-4-10(8)12/h1-4,7,9H,5-6,11H2. The number of hydrazine groups is 1. The third-order valence-electron chi connectivity index (χ3n) is 2.49. The Morgan fingerprint density at radius 2 is 2.23 bits per heavy atom. The molecule has 0 fully saturated rings. The molecule has 0 bridgehead atoms. The molecule has 13 heavy (non-hydrogen) atoms. The highest BCUT2D eigenvalue weighted by atomic mass is 16.1. The first kappa shape index (κ1) is 8.26. The minimum absolute atomic E-state index is 0.157. The normalized spacial score (nSPS) is 21.0. The first-order chi connectivity index (χ1) is 6.33. The van der Waals surface area contributed by atoms with Gasteiger partial charge in [0, 0.05) is 0 Å². The van der Waals surface area contributed by atoms with Crippen LogP contribution in [0.3, 0.4) is 0 Å². The number of aryl methyl sites for hydroxylation is 1. The first-order valence-electron chi connectivity index (χ1n) is 4.40. The van der Waals surface area contributed by atoms with Gasteiger partial charge in [-0.05, 0) is 24.5 Å². The van der Waals surface area contributed by atoms with Crippen molar-refractivity contribution in [3.63, 3.8) is 0 Å². The molecule has 1 aliphatic rings. The summed E-state index contributed by atoms with van der Waals surface area (Å²) in [6, 6.07) is 7.77. The SMILES string of the molecule is NN1c2ccccc2CCC1C=O. The van der Waals surface area contributed by atoms with Crippen LogP contribution in [0.15, 0.2) is 24.3 Å². The summed E-state index contributed by atoms with van der Waals surface area (Å²) >= 11 is 0. The van der Waals surface area contributed by atoms with Gasteiger partial charge in [0.25, 0.3) is 0 Å². The van der Waals surface area contributed by atoms with Crippen LogP contribution in [0.5, 0.6) is 0 Å². The summed E-state index contributed by atoms with van der Waals surface area (Å²) in [4.78, 5) is 10.7. The van der Waals surface area contributed by atoms with E-state index < -0.39 is 0 Å². The zero-order valence-electron chi connectivity index (χ0n) is 7.31. The smallest absolute Gasteiger partial charge is 0.144 e. The number of rotatable bonds is 1. The summed E-state index contributed by atoms with van der Waals surface area (Å²) in [5.74, 6) is 5.80. The second-order valence-electron chi connectivity index (χ2n) is 3.28. The van der Waals surface area contributed by atoms with Gasteiger partial charge < -0.3 is 9.80 Å². The van der Waals surface area contributed by atoms with Crippen LogP contribution >= 0.6 is 0 Å². The Hall–Kier alpha value is -1.35. The Kier molecular flexibility index (Phi) is 2.02. The number of benzene rings is 1. The molecule has 0 saturated carbocycles. The summed E-state index contributed by atoms with van der Waals surface area (Å²) in [5.41, 5.74) is 2.20. The molecule has 3 heteroatoms. The van der Waals surface area contributed by atoms with Crippen molar-refractivity contribution in [3.8, 4) is 0 Å². The topological polar surface area (TPSA) is 46.3 Å². The molecule has 0 spiro atoms. The molecular weight excluding hydrogens is 164 g/mol. The van der Waals surface area contributed by atoms with E-state index in [1.807, 2.05) is 18.2 Å².